The Morgan fingerprint density at radius 3 is 2.48 bits per heavy atom. The van der Waals surface area contributed by atoms with Crippen LogP contribution in [0.15, 0.2) is 36.7 Å². The number of halogens is 3. The Morgan fingerprint density at radius 1 is 1.13 bits per heavy atom. The van der Waals surface area contributed by atoms with E-state index in [1.807, 2.05) is 0 Å². The molecule has 2 rings (SSSR count). The van der Waals surface area contributed by atoms with Gasteiger partial charge < -0.3 is 10.6 Å². The van der Waals surface area contributed by atoms with E-state index in [1.165, 1.54) is 24.4 Å². The Morgan fingerprint density at radius 2 is 1.87 bits per heavy atom. The molecule has 0 saturated carbocycles. The van der Waals surface area contributed by atoms with Crippen molar-refractivity contribution >= 4 is 17.3 Å². The summed E-state index contributed by atoms with van der Waals surface area (Å²) in [5.74, 6) is 0.398. The maximum Gasteiger partial charge on any atom is 0.417 e. The predicted molar refractivity (Wildman–Crippen MR) is 77.1 cm³/mol. The minimum absolute atomic E-state index is 0.125. The van der Waals surface area contributed by atoms with Gasteiger partial charge in [0.15, 0.2) is 0 Å². The third-order valence-electron chi connectivity index (χ3n) is 2.80. The fourth-order valence-electron chi connectivity index (χ4n) is 1.72. The third-order valence-corrected chi connectivity index (χ3v) is 2.80. The van der Waals surface area contributed by atoms with Crippen LogP contribution in [-0.2, 0) is 6.18 Å². The maximum absolute atomic E-state index is 12.4. The Balaban J connectivity index is 1.85. The van der Waals surface area contributed by atoms with Crippen molar-refractivity contribution in [1.29, 1.82) is 0 Å². The zero-order chi connectivity index (χ0) is 16.9. The van der Waals surface area contributed by atoms with Gasteiger partial charge in [-0.05, 0) is 18.2 Å². The highest BCUT2D eigenvalue weighted by Crippen LogP contribution is 2.28. The summed E-state index contributed by atoms with van der Waals surface area (Å²) >= 11 is 0. The number of alkyl halides is 3. The van der Waals surface area contributed by atoms with Gasteiger partial charge in [-0.1, -0.05) is 0 Å². The lowest BCUT2D eigenvalue weighted by Crippen LogP contribution is -2.16. The highest BCUT2D eigenvalue weighted by Gasteiger charge is 2.30. The van der Waals surface area contributed by atoms with Gasteiger partial charge in [0, 0.05) is 31.5 Å². The van der Waals surface area contributed by atoms with Gasteiger partial charge in [0.05, 0.1) is 10.5 Å². The molecule has 23 heavy (non-hydrogen) atoms. The lowest BCUT2D eigenvalue weighted by Gasteiger charge is -2.09. The van der Waals surface area contributed by atoms with Crippen molar-refractivity contribution in [1.82, 2.24) is 9.97 Å². The summed E-state index contributed by atoms with van der Waals surface area (Å²) in [5, 5.41) is 16.4. The highest BCUT2D eigenvalue weighted by atomic mass is 19.4. The van der Waals surface area contributed by atoms with Gasteiger partial charge in [0.25, 0.3) is 0 Å². The third kappa shape index (κ3) is 4.53. The SMILES string of the molecule is O=[N+]([O-])c1cccnc1NCCNc1ccc(C(F)(F)F)cn1. The molecule has 122 valence electrons. The van der Waals surface area contributed by atoms with Crippen molar-refractivity contribution in [2.45, 2.75) is 6.18 Å². The van der Waals surface area contributed by atoms with E-state index in [0.717, 1.165) is 12.3 Å². The van der Waals surface area contributed by atoms with Gasteiger partial charge >= 0.3 is 11.9 Å². The standard InChI is InChI=1S/C13H12F3N5O2/c14-13(15,16)9-3-4-11(20-8-9)17-6-7-19-12-10(21(22)23)2-1-5-18-12/h1-5,8H,6-7H2,(H,17,20)(H,18,19). The molecule has 0 fully saturated rings. The topological polar surface area (TPSA) is 93.0 Å². The summed E-state index contributed by atoms with van der Waals surface area (Å²) in [6, 6.07) is 4.91. The Bertz CT molecular complexity index is 676. The molecule has 0 aromatic carbocycles. The number of rotatable bonds is 6. The minimum Gasteiger partial charge on any atom is -0.368 e. The molecule has 0 aliphatic heterocycles. The number of nitrogens with one attached hydrogen (secondary N) is 2. The molecule has 0 amide bonds. The van der Waals surface area contributed by atoms with Crippen molar-refractivity contribution in [2.75, 3.05) is 23.7 Å². The van der Waals surface area contributed by atoms with Crippen molar-refractivity contribution in [3.8, 4) is 0 Å². The maximum atomic E-state index is 12.4. The second-order valence-corrected chi connectivity index (χ2v) is 4.41. The molecule has 0 spiro atoms. The van der Waals surface area contributed by atoms with E-state index in [2.05, 4.69) is 20.6 Å². The Labute approximate surface area is 128 Å². The van der Waals surface area contributed by atoms with Crippen LogP contribution in [0.4, 0.5) is 30.5 Å². The first kappa shape index (κ1) is 16.5. The van der Waals surface area contributed by atoms with Crippen molar-refractivity contribution < 1.29 is 18.1 Å². The summed E-state index contributed by atoms with van der Waals surface area (Å²) in [6.45, 7) is 0.576. The molecule has 0 bridgehead atoms. The molecule has 0 radical (unpaired) electrons. The van der Waals surface area contributed by atoms with Crippen LogP contribution >= 0.6 is 0 Å². The highest BCUT2D eigenvalue weighted by molar-refractivity contribution is 5.55. The molecule has 0 unspecified atom stereocenters. The van der Waals surface area contributed by atoms with Gasteiger partial charge in [-0.2, -0.15) is 13.2 Å². The van der Waals surface area contributed by atoms with Gasteiger partial charge in [-0.15, -0.1) is 0 Å². The molecule has 0 aliphatic rings. The summed E-state index contributed by atoms with van der Waals surface area (Å²) in [4.78, 5) is 17.8. The van der Waals surface area contributed by atoms with Crippen LogP contribution < -0.4 is 10.6 Å². The fourth-order valence-corrected chi connectivity index (χ4v) is 1.72. The second-order valence-electron chi connectivity index (χ2n) is 4.41. The molecule has 0 saturated heterocycles. The molecule has 0 atom stereocenters. The van der Waals surface area contributed by atoms with Crippen LogP contribution in [0, 0.1) is 10.1 Å². The summed E-state index contributed by atoms with van der Waals surface area (Å²) in [5.41, 5.74) is -0.981. The first-order valence-corrected chi connectivity index (χ1v) is 6.48. The van der Waals surface area contributed by atoms with Crippen LogP contribution in [0.1, 0.15) is 5.56 Å². The lowest BCUT2D eigenvalue weighted by atomic mass is 10.3. The normalized spacial score (nSPS) is 11.1. The molecule has 2 N–H and O–H groups in total. The van der Waals surface area contributed by atoms with E-state index < -0.39 is 16.7 Å². The average molecular weight is 327 g/mol. The first-order chi connectivity index (χ1) is 10.9. The molecule has 10 heteroatoms. The number of nitrogens with zero attached hydrogens (tertiary/aromatic N) is 3. The first-order valence-electron chi connectivity index (χ1n) is 6.48. The van der Waals surface area contributed by atoms with Crippen LogP contribution in [-0.4, -0.2) is 28.0 Å². The Kier molecular flexibility index (Phi) is 4.94. The number of hydrogen-bond donors (Lipinski definition) is 2. The van der Waals surface area contributed by atoms with E-state index in [1.54, 1.807) is 0 Å². The Hall–Kier alpha value is -2.91. The average Bonchev–Trinajstić information content (AvgIpc) is 2.51. The number of nitro groups is 1. The zero-order valence-electron chi connectivity index (χ0n) is 11.7. The van der Waals surface area contributed by atoms with Crippen LogP contribution in [0.25, 0.3) is 0 Å². The summed E-state index contributed by atoms with van der Waals surface area (Å²) in [6.07, 6.45) is -2.27. The quantitative estimate of drug-likeness (QED) is 0.481. The minimum atomic E-state index is -4.43. The van der Waals surface area contributed by atoms with E-state index in [0.29, 0.717) is 6.54 Å². The van der Waals surface area contributed by atoms with Gasteiger partial charge in [0.1, 0.15) is 5.82 Å². The van der Waals surface area contributed by atoms with Crippen molar-refractivity contribution in [3.63, 3.8) is 0 Å². The number of pyridine rings is 2. The fraction of sp³-hybridized carbons (Fsp3) is 0.231. The van der Waals surface area contributed by atoms with Crippen LogP contribution in [0.2, 0.25) is 0 Å². The second kappa shape index (κ2) is 6.90. The van der Waals surface area contributed by atoms with Crippen LogP contribution in [0.5, 0.6) is 0 Å². The summed E-state index contributed by atoms with van der Waals surface area (Å²) in [7, 11) is 0. The van der Waals surface area contributed by atoms with E-state index in [9.17, 15) is 23.3 Å². The molecule has 2 heterocycles. The van der Waals surface area contributed by atoms with Crippen molar-refractivity contribution in [3.05, 3.63) is 52.3 Å². The van der Waals surface area contributed by atoms with Gasteiger partial charge in [-0.3, -0.25) is 10.1 Å². The van der Waals surface area contributed by atoms with E-state index in [-0.39, 0.29) is 23.9 Å². The monoisotopic (exact) mass is 327 g/mol. The molecule has 2 aromatic heterocycles. The largest absolute Gasteiger partial charge is 0.417 e. The molecular formula is C13H12F3N5O2. The zero-order valence-corrected chi connectivity index (χ0v) is 11.7. The van der Waals surface area contributed by atoms with E-state index >= 15 is 0 Å². The molecule has 7 nitrogen and oxygen atoms in total. The molecule has 2 aromatic rings. The number of hydrogen-bond acceptors (Lipinski definition) is 6. The smallest absolute Gasteiger partial charge is 0.368 e. The van der Waals surface area contributed by atoms with E-state index in [4.69, 9.17) is 0 Å². The van der Waals surface area contributed by atoms with Gasteiger partial charge in [-0.25, -0.2) is 9.97 Å². The lowest BCUT2D eigenvalue weighted by molar-refractivity contribution is -0.384. The van der Waals surface area contributed by atoms with Crippen molar-refractivity contribution in [2.24, 2.45) is 0 Å². The van der Waals surface area contributed by atoms with Gasteiger partial charge in [0.2, 0.25) is 5.82 Å². The number of aromatic nitrogens is 2. The summed E-state index contributed by atoms with van der Waals surface area (Å²) < 4.78 is 37.2. The molecular weight excluding hydrogens is 315 g/mol. The number of anilines is 2. The molecule has 0 aliphatic carbocycles. The predicted octanol–water partition coefficient (Wildman–Crippen LogP) is 2.93. The van der Waals surface area contributed by atoms with Crippen LogP contribution in [0.3, 0.4) is 0 Å².